The maximum atomic E-state index is 6.07. The van der Waals surface area contributed by atoms with Gasteiger partial charge in [-0.05, 0) is 60.9 Å². The van der Waals surface area contributed by atoms with Crippen LogP contribution in [0, 0.1) is 13.8 Å². The molecule has 0 fully saturated rings. The number of ether oxygens (including phenoxy) is 1. The summed E-state index contributed by atoms with van der Waals surface area (Å²) in [5.41, 5.74) is 6.33. The van der Waals surface area contributed by atoms with E-state index in [0.29, 0.717) is 11.8 Å². The topological polar surface area (TPSA) is 52.8 Å². The molecule has 0 aliphatic heterocycles. The number of nitrogens with zero attached hydrogens (tertiary/aromatic N) is 4. The summed E-state index contributed by atoms with van der Waals surface area (Å²) in [5.74, 6) is 2.03. The Kier molecular flexibility index (Phi) is 4.81. The zero-order valence-electron chi connectivity index (χ0n) is 18.9. The summed E-state index contributed by atoms with van der Waals surface area (Å²) >= 11 is 0. The van der Waals surface area contributed by atoms with Crippen molar-refractivity contribution in [3.63, 3.8) is 0 Å². The Hall–Kier alpha value is -4.51. The highest BCUT2D eigenvalue weighted by Gasteiger charge is 2.15. The number of hydrogen-bond acceptors (Lipinski definition) is 4. The summed E-state index contributed by atoms with van der Waals surface area (Å²) in [6.45, 7) is 3.99. The third kappa shape index (κ3) is 3.48. The van der Waals surface area contributed by atoms with Crippen LogP contribution in [0.5, 0.6) is 11.6 Å². The lowest BCUT2D eigenvalue weighted by atomic mass is 10.0. The van der Waals surface area contributed by atoms with Gasteiger partial charge in [0.2, 0.25) is 11.8 Å². The van der Waals surface area contributed by atoms with Crippen molar-refractivity contribution >= 4 is 21.8 Å². The number of pyridine rings is 1. The highest BCUT2D eigenvalue weighted by Crippen LogP contribution is 2.35. The van der Waals surface area contributed by atoms with Crippen LogP contribution in [0.4, 0.5) is 0 Å². The van der Waals surface area contributed by atoms with Crippen LogP contribution >= 0.6 is 0 Å². The monoisotopic (exact) mass is 442 g/mol. The predicted octanol–water partition coefficient (Wildman–Crippen LogP) is 7.04. The standard InChI is InChI=1S/C29H22N4O/c1-19-17-31-29(32-18-19)33-26-11-4-3-10-24(26)25-13-12-22(16-27(25)33)21-8-5-9-23(15-21)34-28-20(2)7-6-14-30-28/h3-18H,1-2H3. The molecule has 3 aromatic carbocycles. The number of rotatable bonds is 4. The van der Waals surface area contributed by atoms with E-state index in [9.17, 15) is 0 Å². The number of aromatic nitrogens is 4. The van der Waals surface area contributed by atoms with Crippen molar-refractivity contribution < 1.29 is 4.74 Å². The third-order valence-electron chi connectivity index (χ3n) is 5.98. The highest BCUT2D eigenvalue weighted by molar-refractivity contribution is 6.09. The molecule has 0 aliphatic carbocycles. The van der Waals surface area contributed by atoms with Gasteiger partial charge < -0.3 is 4.74 Å². The minimum Gasteiger partial charge on any atom is -0.439 e. The minimum atomic E-state index is 0.617. The molecule has 3 aromatic heterocycles. The molecule has 34 heavy (non-hydrogen) atoms. The van der Waals surface area contributed by atoms with Gasteiger partial charge in [-0.3, -0.25) is 4.57 Å². The lowest BCUT2D eigenvalue weighted by molar-refractivity contribution is 0.459. The van der Waals surface area contributed by atoms with Crippen LogP contribution in [-0.2, 0) is 0 Å². The van der Waals surface area contributed by atoms with E-state index in [-0.39, 0.29) is 0 Å². The molecule has 5 nitrogen and oxygen atoms in total. The first-order valence-corrected chi connectivity index (χ1v) is 11.2. The molecule has 0 radical (unpaired) electrons. The van der Waals surface area contributed by atoms with E-state index < -0.39 is 0 Å². The highest BCUT2D eigenvalue weighted by atomic mass is 16.5. The lowest BCUT2D eigenvalue weighted by Gasteiger charge is -2.10. The predicted molar refractivity (Wildman–Crippen MR) is 136 cm³/mol. The Balaban J connectivity index is 1.49. The number of hydrogen-bond donors (Lipinski definition) is 0. The summed E-state index contributed by atoms with van der Waals surface area (Å²) in [6.07, 6.45) is 5.45. The smallest absolute Gasteiger partial charge is 0.234 e. The lowest BCUT2D eigenvalue weighted by Crippen LogP contribution is -2.00. The van der Waals surface area contributed by atoms with E-state index in [2.05, 4.69) is 62.0 Å². The van der Waals surface area contributed by atoms with Crippen molar-refractivity contribution in [2.24, 2.45) is 0 Å². The molecule has 0 atom stereocenters. The molecular weight excluding hydrogens is 420 g/mol. The largest absolute Gasteiger partial charge is 0.439 e. The molecule has 6 rings (SSSR count). The fourth-order valence-electron chi connectivity index (χ4n) is 4.30. The molecule has 0 N–H and O–H groups in total. The van der Waals surface area contributed by atoms with Crippen LogP contribution in [0.15, 0.2) is 97.5 Å². The van der Waals surface area contributed by atoms with E-state index in [0.717, 1.165) is 39.0 Å². The van der Waals surface area contributed by atoms with Crippen molar-refractivity contribution in [3.05, 3.63) is 109 Å². The second-order valence-corrected chi connectivity index (χ2v) is 8.40. The van der Waals surface area contributed by atoms with Gasteiger partial charge in [-0.1, -0.05) is 48.5 Å². The molecule has 0 spiro atoms. The van der Waals surface area contributed by atoms with Crippen LogP contribution in [-0.4, -0.2) is 19.5 Å². The van der Waals surface area contributed by atoms with Gasteiger partial charge in [-0.2, -0.15) is 0 Å². The number of benzene rings is 3. The maximum absolute atomic E-state index is 6.07. The summed E-state index contributed by atoms with van der Waals surface area (Å²) in [5, 5.41) is 2.34. The first-order valence-electron chi connectivity index (χ1n) is 11.2. The van der Waals surface area contributed by atoms with Gasteiger partial charge in [0.1, 0.15) is 5.75 Å². The van der Waals surface area contributed by atoms with Crippen molar-refractivity contribution in [1.29, 1.82) is 0 Å². The van der Waals surface area contributed by atoms with E-state index >= 15 is 0 Å². The average Bonchev–Trinajstić information content (AvgIpc) is 3.20. The molecular formula is C29H22N4O. The summed E-state index contributed by atoms with van der Waals surface area (Å²) in [6, 6.07) is 26.9. The van der Waals surface area contributed by atoms with Crippen LogP contribution in [0.1, 0.15) is 11.1 Å². The van der Waals surface area contributed by atoms with E-state index in [1.807, 2.05) is 62.6 Å². The summed E-state index contributed by atoms with van der Waals surface area (Å²) in [7, 11) is 0. The first kappa shape index (κ1) is 20.1. The SMILES string of the molecule is Cc1cnc(-n2c3ccccc3c3ccc(-c4cccc(Oc5ncccc5C)c4)cc32)nc1. The van der Waals surface area contributed by atoms with Gasteiger partial charge in [0.25, 0.3) is 0 Å². The van der Waals surface area contributed by atoms with Gasteiger partial charge in [0, 0.05) is 34.9 Å². The molecule has 0 unspecified atom stereocenters. The molecule has 0 saturated heterocycles. The number of para-hydroxylation sites is 1. The average molecular weight is 443 g/mol. The van der Waals surface area contributed by atoms with Crippen molar-refractivity contribution in [2.75, 3.05) is 0 Å². The zero-order chi connectivity index (χ0) is 23.1. The van der Waals surface area contributed by atoms with E-state index in [1.165, 1.54) is 10.8 Å². The quantitative estimate of drug-likeness (QED) is 0.294. The fraction of sp³-hybridized carbons (Fsp3) is 0.0690. The van der Waals surface area contributed by atoms with E-state index in [1.54, 1.807) is 6.20 Å². The molecule has 3 heterocycles. The fourth-order valence-corrected chi connectivity index (χ4v) is 4.30. The molecule has 0 bridgehead atoms. The van der Waals surface area contributed by atoms with Gasteiger partial charge in [0.05, 0.1) is 11.0 Å². The normalized spacial score (nSPS) is 11.2. The Morgan fingerprint density at radius 3 is 2.32 bits per heavy atom. The number of fused-ring (bicyclic) bond motifs is 3. The third-order valence-corrected chi connectivity index (χ3v) is 5.98. The summed E-state index contributed by atoms with van der Waals surface area (Å²) < 4.78 is 8.20. The zero-order valence-corrected chi connectivity index (χ0v) is 18.9. The second-order valence-electron chi connectivity index (χ2n) is 8.40. The Morgan fingerprint density at radius 2 is 1.47 bits per heavy atom. The van der Waals surface area contributed by atoms with Crippen LogP contribution in [0.3, 0.4) is 0 Å². The number of aryl methyl sites for hydroxylation is 2. The van der Waals surface area contributed by atoms with Crippen LogP contribution < -0.4 is 4.74 Å². The van der Waals surface area contributed by atoms with Crippen LogP contribution in [0.2, 0.25) is 0 Å². The molecule has 0 aliphatic rings. The van der Waals surface area contributed by atoms with Crippen molar-refractivity contribution in [2.45, 2.75) is 13.8 Å². The van der Waals surface area contributed by atoms with Gasteiger partial charge in [-0.15, -0.1) is 0 Å². The van der Waals surface area contributed by atoms with E-state index in [4.69, 9.17) is 4.74 Å². The van der Waals surface area contributed by atoms with Gasteiger partial charge in [-0.25, -0.2) is 15.0 Å². The molecule has 5 heteroatoms. The second kappa shape index (κ2) is 8.12. The Labute approximate surface area is 197 Å². The van der Waals surface area contributed by atoms with Crippen molar-refractivity contribution in [3.8, 4) is 28.7 Å². The Morgan fingerprint density at radius 1 is 0.676 bits per heavy atom. The molecule has 0 amide bonds. The van der Waals surface area contributed by atoms with Gasteiger partial charge >= 0.3 is 0 Å². The van der Waals surface area contributed by atoms with Crippen molar-refractivity contribution in [1.82, 2.24) is 19.5 Å². The molecule has 164 valence electrons. The first-order chi connectivity index (χ1) is 16.7. The minimum absolute atomic E-state index is 0.617. The maximum Gasteiger partial charge on any atom is 0.234 e. The summed E-state index contributed by atoms with van der Waals surface area (Å²) in [4.78, 5) is 13.6. The van der Waals surface area contributed by atoms with Crippen LogP contribution in [0.25, 0.3) is 38.9 Å². The molecule has 6 aromatic rings. The Bertz CT molecular complexity index is 1650. The van der Waals surface area contributed by atoms with Gasteiger partial charge in [0.15, 0.2) is 0 Å². The molecule has 0 saturated carbocycles.